The molecule has 168 valence electrons. The second-order valence-corrected chi connectivity index (χ2v) is 8.25. The summed E-state index contributed by atoms with van der Waals surface area (Å²) < 4.78 is 0. The first kappa shape index (κ1) is 22.4. The van der Waals surface area contributed by atoms with Crippen molar-refractivity contribution in [1.29, 1.82) is 0 Å². The number of carbonyl (C=O) groups is 2. The van der Waals surface area contributed by atoms with Gasteiger partial charge in [0.25, 0.3) is 0 Å². The van der Waals surface area contributed by atoms with E-state index < -0.39 is 0 Å². The van der Waals surface area contributed by atoms with E-state index in [1.54, 1.807) is 30.9 Å². The molecule has 1 saturated heterocycles. The molecule has 6 nitrogen and oxygen atoms in total. The normalized spacial score (nSPS) is 14.4. The summed E-state index contributed by atoms with van der Waals surface area (Å²) in [6.45, 7) is 2.21. The molecule has 0 radical (unpaired) electrons. The van der Waals surface area contributed by atoms with E-state index in [1.165, 1.54) is 0 Å². The van der Waals surface area contributed by atoms with Gasteiger partial charge in [-0.2, -0.15) is 0 Å². The molecule has 0 atom stereocenters. The van der Waals surface area contributed by atoms with Crippen LogP contribution in [0.15, 0.2) is 85.5 Å². The zero-order valence-electron chi connectivity index (χ0n) is 18.6. The number of carbonyl (C=O) groups excluding carboxylic acids is 2. The third-order valence-electron chi connectivity index (χ3n) is 5.90. The second-order valence-electron chi connectivity index (χ2n) is 8.25. The number of likely N-dealkylation sites (tertiary alicyclic amines) is 1. The molecule has 6 heteroatoms. The molecule has 1 aliphatic heterocycles. The van der Waals surface area contributed by atoms with Gasteiger partial charge >= 0.3 is 0 Å². The summed E-state index contributed by atoms with van der Waals surface area (Å²) in [4.78, 5) is 38.0. The fraction of sp³-hybridized carbons (Fsp3) is 0.259. The number of hydrogen-bond donors (Lipinski definition) is 0. The lowest BCUT2D eigenvalue weighted by Gasteiger charge is -2.34. The van der Waals surface area contributed by atoms with Gasteiger partial charge in [0.05, 0.1) is 0 Å². The molecule has 3 aromatic rings. The number of hydrogen-bond acceptors (Lipinski definition) is 4. The van der Waals surface area contributed by atoms with Crippen LogP contribution in [-0.2, 0) is 22.7 Å². The fourth-order valence-electron chi connectivity index (χ4n) is 4.07. The van der Waals surface area contributed by atoms with E-state index in [1.807, 2.05) is 70.5 Å². The maximum Gasteiger partial charge on any atom is 0.246 e. The third-order valence-corrected chi connectivity index (χ3v) is 5.90. The highest BCUT2D eigenvalue weighted by atomic mass is 16.2. The zero-order chi connectivity index (χ0) is 22.9. The monoisotopic (exact) mass is 440 g/mol. The number of pyridine rings is 2. The van der Waals surface area contributed by atoms with Crippen LogP contribution in [0.2, 0.25) is 0 Å². The first-order valence-corrected chi connectivity index (χ1v) is 11.3. The van der Waals surface area contributed by atoms with Crippen LogP contribution in [0.3, 0.4) is 0 Å². The summed E-state index contributed by atoms with van der Waals surface area (Å²) in [6.07, 6.45) is 11.8. The Kier molecular flexibility index (Phi) is 7.59. The van der Waals surface area contributed by atoms with E-state index >= 15 is 0 Å². The molecule has 4 rings (SSSR count). The van der Waals surface area contributed by atoms with Crippen LogP contribution in [-0.4, -0.2) is 44.7 Å². The van der Waals surface area contributed by atoms with Crippen molar-refractivity contribution in [2.75, 3.05) is 13.1 Å². The maximum absolute atomic E-state index is 13.5. The molecule has 0 bridgehead atoms. The van der Waals surface area contributed by atoms with Gasteiger partial charge in [-0.15, -0.1) is 0 Å². The Morgan fingerprint density at radius 1 is 0.879 bits per heavy atom. The molecule has 0 N–H and O–H groups in total. The predicted octanol–water partition coefficient (Wildman–Crippen LogP) is 3.96. The van der Waals surface area contributed by atoms with Gasteiger partial charge in [-0.25, -0.2) is 0 Å². The van der Waals surface area contributed by atoms with Crippen LogP contribution in [0.25, 0.3) is 6.08 Å². The molecule has 0 spiro atoms. The molecule has 33 heavy (non-hydrogen) atoms. The van der Waals surface area contributed by atoms with E-state index in [0.717, 1.165) is 16.7 Å². The molecule has 2 amide bonds. The van der Waals surface area contributed by atoms with Crippen LogP contribution in [0.1, 0.15) is 29.5 Å². The minimum atomic E-state index is -0.0920. The quantitative estimate of drug-likeness (QED) is 0.522. The number of nitrogens with zero attached hydrogens (tertiary/aromatic N) is 4. The molecular weight excluding hydrogens is 412 g/mol. The molecule has 3 heterocycles. The first-order chi connectivity index (χ1) is 16.2. The van der Waals surface area contributed by atoms with Crippen molar-refractivity contribution in [1.82, 2.24) is 19.8 Å². The predicted molar refractivity (Wildman–Crippen MR) is 128 cm³/mol. The highest BCUT2D eigenvalue weighted by Gasteiger charge is 2.30. The van der Waals surface area contributed by atoms with E-state index in [9.17, 15) is 9.59 Å². The Morgan fingerprint density at radius 3 is 2.30 bits per heavy atom. The summed E-state index contributed by atoms with van der Waals surface area (Å²) in [7, 11) is 0. The van der Waals surface area contributed by atoms with Crippen molar-refractivity contribution >= 4 is 17.9 Å². The fourth-order valence-corrected chi connectivity index (χ4v) is 4.07. The Hall–Kier alpha value is -3.80. The average Bonchev–Trinajstić information content (AvgIpc) is 2.88. The highest BCUT2D eigenvalue weighted by molar-refractivity contribution is 5.92. The summed E-state index contributed by atoms with van der Waals surface area (Å²) in [5.74, 6) is 0.0296. The first-order valence-electron chi connectivity index (χ1n) is 11.3. The summed E-state index contributed by atoms with van der Waals surface area (Å²) >= 11 is 0. The Bertz CT molecular complexity index is 1020. The average molecular weight is 441 g/mol. The van der Waals surface area contributed by atoms with Gasteiger partial charge in [0, 0.05) is 63.0 Å². The highest BCUT2D eigenvalue weighted by Crippen LogP contribution is 2.22. The SMILES string of the molecule is O=C(/C=C/c1ccccc1)N1CCC(C(=O)N(Cc2ccncc2)Cc2cccnc2)CC1. The smallest absolute Gasteiger partial charge is 0.246 e. The van der Waals surface area contributed by atoms with Crippen LogP contribution in [0.4, 0.5) is 0 Å². The number of aromatic nitrogens is 2. The Morgan fingerprint density at radius 2 is 1.61 bits per heavy atom. The largest absolute Gasteiger partial charge is 0.339 e. The third kappa shape index (κ3) is 6.35. The number of benzene rings is 1. The van der Waals surface area contributed by atoms with Gasteiger partial charge in [0.2, 0.25) is 11.8 Å². The van der Waals surface area contributed by atoms with Gasteiger partial charge in [0.15, 0.2) is 0 Å². The standard InChI is InChI=1S/C27H28N4O2/c32-26(9-8-22-5-2-1-3-6-22)30-17-12-25(13-18-30)27(33)31(20-23-10-15-28-16-11-23)21-24-7-4-14-29-19-24/h1-11,14-16,19,25H,12-13,17-18,20-21H2/b9-8+. The number of amides is 2. The van der Waals surface area contributed by atoms with Gasteiger partial charge in [-0.05, 0) is 53.8 Å². The second kappa shape index (κ2) is 11.2. The van der Waals surface area contributed by atoms with E-state index in [-0.39, 0.29) is 17.7 Å². The van der Waals surface area contributed by atoms with Crippen LogP contribution in [0.5, 0.6) is 0 Å². The molecule has 2 aromatic heterocycles. The molecular formula is C27H28N4O2. The van der Waals surface area contributed by atoms with Crippen molar-refractivity contribution in [2.24, 2.45) is 5.92 Å². The van der Waals surface area contributed by atoms with E-state index in [2.05, 4.69) is 9.97 Å². The molecule has 0 aliphatic carbocycles. The minimum absolute atomic E-state index is 0.00578. The van der Waals surface area contributed by atoms with Crippen LogP contribution < -0.4 is 0 Å². The maximum atomic E-state index is 13.5. The van der Waals surface area contributed by atoms with E-state index in [0.29, 0.717) is 39.0 Å². The molecule has 1 aliphatic rings. The molecule has 0 unspecified atom stereocenters. The lowest BCUT2D eigenvalue weighted by Crippen LogP contribution is -2.43. The minimum Gasteiger partial charge on any atom is -0.339 e. The van der Waals surface area contributed by atoms with Gasteiger partial charge in [0.1, 0.15) is 0 Å². The number of rotatable bonds is 7. The zero-order valence-corrected chi connectivity index (χ0v) is 18.6. The lowest BCUT2D eigenvalue weighted by molar-refractivity contribution is -0.140. The van der Waals surface area contributed by atoms with Crippen molar-refractivity contribution in [3.63, 3.8) is 0 Å². The van der Waals surface area contributed by atoms with E-state index in [4.69, 9.17) is 0 Å². The molecule has 1 fully saturated rings. The van der Waals surface area contributed by atoms with Crippen LogP contribution >= 0.6 is 0 Å². The topological polar surface area (TPSA) is 66.4 Å². The summed E-state index contributed by atoms with van der Waals surface area (Å²) in [6, 6.07) is 17.5. The van der Waals surface area contributed by atoms with Crippen molar-refractivity contribution in [3.05, 3.63) is 102 Å². The lowest BCUT2D eigenvalue weighted by atomic mass is 9.94. The van der Waals surface area contributed by atoms with Gasteiger partial charge < -0.3 is 9.80 Å². The van der Waals surface area contributed by atoms with Crippen molar-refractivity contribution in [3.8, 4) is 0 Å². The van der Waals surface area contributed by atoms with Gasteiger partial charge in [-0.1, -0.05) is 36.4 Å². The molecule has 1 aromatic carbocycles. The summed E-state index contributed by atoms with van der Waals surface area (Å²) in [5, 5.41) is 0. The van der Waals surface area contributed by atoms with Gasteiger partial charge in [-0.3, -0.25) is 19.6 Å². The van der Waals surface area contributed by atoms with Crippen molar-refractivity contribution < 1.29 is 9.59 Å². The Balaban J connectivity index is 1.38. The Labute approximate surface area is 194 Å². The van der Waals surface area contributed by atoms with Crippen LogP contribution in [0, 0.1) is 5.92 Å². The number of piperidine rings is 1. The van der Waals surface area contributed by atoms with Crippen molar-refractivity contribution in [2.45, 2.75) is 25.9 Å². The molecule has 0 saturated carbocycles. The summed E-state index contributed by atoms with van der Waals surface area (Å²) in [5.41, 5.74) is 3.04.